The molecule has 2 aromatic rings. The van der Waals surface area contributed by atoms with Gasteiger partial charge in [-0.3, -0.25) is 4.79 Å². The number of para-hydroxylation sites is 1. The van der Waals surface area contributed by atoms with Gasteiger partial charge in [0.1, 0.15) is 5.75 Å². The van der Waals surface area contributed by atoms with E-state index in [0.29, 0.717) is 6.42 Å². The van der Waals surface area contributed by atoms with E-state index >= 15 is 0 Å². The van der Waals surface area contributed by atoms with Crippen LogP contribution in [0.15, 0.2) is 35.3 Å². The van der Waals surface area contributed by atoms with Crippen LogP contribution < -0.4 is 10.3 Å². The summed E-state index contributed by atoms with van der Waals surface area (Å²) in [5.74, 6) is 0.473. The highest BCUT2D eigenvalue weighted by Gasteiger charge is 2.19. The smallest absolute Gasteiger partial charge is 0.289 e. The fraction of sp³-hybridized carbons (Fsp3) is 0.375. The fourth-order valence-electron chi connectivity index (χ4n) is 1.99. The van der Waals surface area contributed by atoms with Gasteiger partial charge < -0.3 is 9.84 Å². The first-order valence-electron chi connectivity index (χ1n) is 6.98. The maximum absolute atomic E-state index is 12.2. The molecule has 0 unspecified atom stereocenters. The minimum absolute atomic E-state index is 0.0159. The quantitative estimate of drug-likeness (QED) is 0.940. The number of nitrogens with zero attached hydrogens (tertiary/aromatic N) is 2. The van der Waals surface area contributed by atoms with E-state index in [0.717, 1.165) is 5.56 Å². The highest BCUT2D eigenvalue weighted by atomic mass is 35.5. The lowest BCUT2D eigenvalue weighted by Crippen LogP contribution is -2.36. The molecule has 118 valence electrons. The van der Waals surface area contributed by atoms with E-state index in [1.165, 1.54) is 10.9 Å². The fourth-order valence-corrected chi connectivity index (χ4v) is 2.17. The molecule has 1 aromatic carbocycles. The Bertz CT molecular complexity index is 720. The zero-order valence-electron chi connectivity index (χ0n) is 12.8. The standard InChI is InChI=1S/C16H19ClN2O3/c1-16(2,3)19-15(21)14(17)13(10-18-19)22-9-8-11-6-4-5-7-12(11)20/h4-7,10,20H,8-9H2,1-3H3. The Morgan fingerprint density at radius 3 is 2.64 bits per heavy atom. The second-order valence-corrected chi connectivity index (χ2v) is 6.32. The molecule has 0 bridgehead atoms. The van der Waals surface area contributed by atoms with E-state index < -0.39 is 5.54 Å². The summed E-state index contributed by atoms with van der Waals surface area (Å²) in [5, 5.41) is 13.8. The van der Waals surface area contributed by atoms with E-state index in [1.54, 1.807) is 12.1 Å². The van der Waals surface area contributed by atoms with Crippen LogP contribution in [0.5, 0.6) is 11.5 Å². The summed E-state index contributed by atoms with van der Waals surface area (Å²) in [6, 6.07) is 7.03. The number of hydrogen-bond donors (Lipinski definition) is 1. The molecule has 22 heavy (non-hydrogen) atoms. The molecule has 1 heterocycles. The molecule has 0 atom stereocenters. The topological polar surface area (TPSA) is 64.3 Å². The van der Waals surface area contributed by atoms with Crippen molar-refractivity contribution in [1.29, 1.82) is 0 Å². The number of phenols is 1. The van der Waals surface area contributed by atoms with Gasteiger partial charge in [0.15, 0.2) is 10.8 Å². The molecule has 2 rings (SSSR count). The van der Waals surface area contributed by atoms with Crippen molar-refractivity contribution in [2.24, 2.45) is 0 Å². The van der Waals surface area contributed by atoms with Crippen molar-refractivity contribution in [3.8, 4) is 11.5 Å². The van der Waals surface area contributed by atoms with Gasteiger partial charge in [-0.25, -0.2) is 4.68 Å². The maximum atomic E-state index is 12.2. The van der Waals surface area contributed by atoms with Gasteiger partial charge in [-0.05, 0) is 32.4 Å². The average Bonchev–Trinajstić information content (AvgIpc) is 2.44. The summed E-state index contributed by atoms with van der Waals surface area (Å²) in [6.45, 7) is 5.90. The van der Waals surface area contributed by atoms with Crippen LogP contribution >= 0.6 is 11.6 Å². The monoisotopic (exact) mass is 322 g/mol. The Kier molecular flexibility index (Phi) is 4.76. The average molecular weight is 323 g/mol. The Hall–Kier alpha value is -2.01. The molecule has 6 heteroatoms. The minimum atomic E-state index is -0.449. The second-order valence-electron chi connectivity index (χ2n) is 5.94. The summed E-state index contributed by atoms with van der Waals surface area (Å²) in [4.78, 5) is 12.2. The van der Waals surface area contributed by atoms with E-state index in [-0.39, 0.29) is 28.7 Å². The van der Waals surface area contributed by atoms with Crippen molar-refractivity contribution in [1.82, 2.24) is 9.78 Å². The Balaban J connectivity index is 2.10. The van der Waals surface area contributed by atoms with Gasteiger partial charge >= 0.3 is 0 Å². The number of aromatic hydroxyl groups is 1. The largest absolute Gasteiger partial charge is 0.508 e. The van der Waals surface area contributed by atoms with Crippen LogP contribution in [0.1, 0.15) is 26.3 Å². The van der Waals surface area contributed by atoms with Crippen molar-refractivity contribution in [2.45, 2.75) is 32.7 Å². The number of ether oxygens (including phenoxy) is 1. The summed E-state index contributed by atoms with van der Waals surface area (Å²) in [6.07, 6.45) is 1.95. The number of hydrogen-bond acceptors (Lipinski definition) is 4. The van der Waals surface area contributed by atoms with Crippen LogP contribution in [-0.4, -0.2) is 21.5 Å². The summed E-state index contributed by atoms with van der Waals surface area (Å²) >= 11 is 6.07. The van der Waals surface area contributed by atoms with Crippen molar-refractivity contribution >= 4 is 11.6 Å². The number of aromatic nitrogens is 2. The third-order valence-corrected chi connectivity index (χ3v) is 3.49. The molecule has 0 saturated carbocycles. The van der Waals surface area contributed by atoms with Crippen molar-refractivity contribution < 1.29 is 9.84 Å². The first kappa shape index (κ1) is 16.4. The highest BCUT2D eigenvalue weighted by Crippen LogP contribution is 2.22. The molecule has 0 saturated heterocycles. The predicted molar refractivity (Wildman–Crippen MR) is 85.8 cm³/mol. The van der Waals surface area contributed by atoms with Crippen LogP contribution in [0.2, 0.25) is 5.02 Å². The van der Waals surface area contributed by atoms with Gasteiger partial charge in [-0.2, -0.15) is 5.10 Å². The molecular formula is C16H19ClN2O3. The lowest BCUT2D eigenvalue weighted by Gasteiger charge is -2.21. The maximum Gasteiger partial charge on any atom is 0.289 e. The number of phenolic OH excluding ortho intramolecular Hbond substituents is 1. The summed E-state index contributed by atoms with van der Waals surface area (Å²) < 4.78 is 6.85. The van der Waals surface area contributed by atoms with Gasteiger partial charge in [0.05, 0.1) is 18.3 Å². The predicted octanol–water partition coefficient (Wildman–Crippen LogP) is 2.98. The second kappa shape index (κ2) is 6.40. The first-order valence-corrected chi connectivity index (χ1v) is 7.36. The van der Waals surface area contributed by atoms with Crippen LogP contribution in [0, 0.1) is 0 Å². The van der Waals surface area contributed by atoms with Crippen molar-refractivity contribution in [3.63, 3.8) is 0 Å². The molecule has 0 spiro atoms. The number of rotatable bonds is 4. The molecule has 0 radical (unpaired) electrons. The minimum Gasteiger partial charge on any atom is -0.508 e. The van der Waals surface area contributed by atoms with Crippen LogP contribution in [0.25, 0.3) is 0 Å². The Morgan fingerprint density at radius 1 is 1.32 bits per heavy atom. The lowest BCUT2D eigenvalue weighted by molar-refractivity contribution is 0.302. The van der Waals surface area contributed by atoms with Crippen molar-refractivity contribution in [2.75, 3.05) is 6.61 Å². The molecular weight excluding hydrogens is 304 g/mol. The highest BCUT2D eigenvalue weighted by molar-refractivity contribution is 6.31. The third-order valence-electron chi connectivity index (χ3n) is 3.14. The molecule has 0 aliphatic heterocycles. The molecule has 0 amide bonds. The molecule has 5 nitrogen and oxygen atoms in total. The zero-order chi connectivity index (χ0) is 16.3. The zero-order valence-corrected chi connectivity index (χ0v) is 13.6. The van der Waals surface area contributed by atoms with E-state index in [1.807, 2.05) is 32.9 Å². The van der Waals surface area contributed by atoms with Crippen LogP contribution in [-0.2, 0) is 12.0 Å². The molecule has 0 aliphatic rings. The van der Waals surface area contributed by atoms with Gasteiger partial charge in [0.25, 0.3) is 5.56 Å². The summed E-state index contributed by atoms with van der Waals surface area (Å²) in [5.41, 5.74) is -0.0569. The molecule has 0 aliphatic carbocycles. The summed E-state index contributed by atoms with van der Waals surface area (Å²) in [7, 11) is 0. The first-order chi connectivity index (χ1) is 10.3. The third kappa shape index (κ3) is 3.60. The Morgan fingerprint density at radius 2 is 2.00 bits per heavy atom. The lowest BCUT2D eigenvalue weighted by atomic mass is 10.1. The SMILES string of the molecule is CC(C)(C)n1ncc(OCCc2ccccc2O)c(Cl)c1=O. The molecule has 0 fully saturated rings. The van der Waals surface area contributed by atoms with E-state index in [4.69, 9.17) is 16.3 Å². The number of benzene rings is 1. The molecule has 1 aromatic heterocycles. The van der Waals surface area contributed by atoms with Gasteiger partial charge in [0.2, 0.25) is 0 Å². The van der Waals surface area contributed by atoms with E-state index in [2.05, 4.69) is 5.10 Å². The van der Waals surface area contributed by atoms with Gasteiger partial charge in [0, 0.05) is 6.42 Å². The number of halogens is 1. The van der Waals surface area contributed by atoms with Gasteiger partial charge in [-0.1, -0.05) is 29.8 Å². The molecule has 1 N–H and O–H groups in total. The van der Waals surface area contributed by atoms with Gasteiger partial charge in [-0.15, -0.1) is 0 Å². The Labute approximate surface area is 134 Å². The van der Waals surface area contributed by atoms with E-state index in [9.17, 15) is 9.90 Å². The van der Waals surface area contributed by atoms with Crippen LogP contribution in [0.3, 0.4) is 0 Å². The van der Waals surface area contributed by atoms with Crippen molar-refractivity contribution in [3.05, 3.63) is 51.4 Å². The van der Waals surface area contributed by atoms with Crippen LogP contribution in [0.4, 0.5) is 0 Å². The normalized spacial score (nSPS) is 11.5.